The van der Waals surface area contributed by atoms with Crippen LogP contribution in [0.4, 0.5) is 11.4 Å². The fourth-order valence-corrected chi connectivity index (χ4v) is 4.64. The Kier molecular flexibility index (Phi) is 7.97. The lowest BCUT2D eigenvalue weighted by Gasteiger charge is -2.44. The van der Waals surface area contributed by atoms with Crippen LogP contribution < -0.4 is 9.80 Å². The van der Waals surface area contributed by atoms with Gasteiger partial charge in [0.1, 0.15) is 0 Å². The molecule has 4 aromatic carbocycles. The lowest BCUT2D eigenvalue weighted by Crippen LogP contribution is -2.42. The molecule has 0 amide bonds. The van der Waals surface area contributed by atoms with Gasteiger partial charge in [-0.05, 0) is 35.4 Å². The molecule has 0 heterocycles. The van der Waals surface area contributed by atoms with E-state index in [0.29, 0.717) is 0 Å². The summed E-state index contributed by atoms with van der Waals surface area (Å²) in [7, 11) is 0. The van der Waals surface area contributed by atoms with Gasteiger partial charge < -0.3 is 9.80 Å². The Hall–Kier alpha value is -4.04. The molecule has 4 rings (SSSR count). The van der Waals surface area contributed by atoms with Gasteiger partial charge in [-0.2, -0.15) is 0 Å². The standard InChI is InChI=1S/C32H32N2/c1-3-25-33(29-21-13-7-14-22-29)31(27-17-9-5-10-18-27)32(28-19-11-6-12-20-28)34(26-4-2)30-23-15-8-16-24-30/h3-24,31-32H,1-2,25-26H2. The molecular weight excluding hydrogens is 412 g/mol. The van der Waals surface area contributed by atoms with Crippen LogP contribution in [0.25, 0.3) is 0 Å². The molecule has 34 heavy (non-hydrogen) atoms. The third-order valence-electron chi connectivity index (χ3n) is 6.08. The zero-order valence-electron chi connectivity index (χ0n) is 19.6. The monoisotopic (exact) mass is 444 g/mol. The van der Waals surface area contributed by atoms with Gasteiger partial charge in [0.25, 0.3) is 0 Å². The topological polar surface area (TPSA) is 6.48 Å². The molecule has 0 aromatic heterocycles. The summed E-state index contributed by atoms with van der Waals surface area (Å²) in [4.78, 5) is 4.91. The van der Waals surface area contributed by atoms with Crippen molar-refractivity contribution in [1.82, 2.24) is 0 Å². The van der Waals surface area contributed by atoms with Gasteiger partial charge in [0.2, 0.25) is 0 Å². The van der Waals surface area contributed by atoms with Gasteiger partial charge in [-0.3, -0.25) is 0 Å². The molecule has 0 aliphatic carbocycles. The molecule has 2 heteroatoms. The fraction of sp³-hybridized carbons (Fsp3) is 0.125. The molecule has 0 fully saturated rings. The van der Waals surface area contributed by atoms with Crippen LogP contribution >= 0.6 is 0 Å². The zero-order valence-corrected chi connectivity index (χ0v) is 19.6. The lowest BCUT2D eigenvalue weighted by molar-refractivity contribution is 0.500. The molecule has 0 saturated heterocycles. The Morgan fingerprint density at radius 1 is 0.471 bits per heavy atom. The highest BCUT2D eigenvalue weighted by Crippen LogP contribution is 2.42. The highest BCUT2D eigenvalue weighted by Gasteiger charge is 2.34. The lowest BCUT2D eigenvalue weighted by atomic mass is 9.89. The second kappa shape index (κ2) is 11.7. The summed E-state index contributed by atoms with van der Waals surface area (Å²) in [6.45, 7) is 9.66. The Balaban J connectivity index is 1.96. The van der Waals surface area contributed by atoms with E-state index >= 15 is 0 Å². The average molecular weight is 445 g/mol. The second-order valence-corrected chi connectivity index (χ2v) is 8.26. The first-order chi connectivity index (χ1) is 16.8. The molecule has 2 unspecified atom stereocenters. The predicted octanol–water partition coefficient (Wildman–Crippen LogP) is 7.85. The smallest absolute Gasteiger partial charge is 0.0791 e. The van der Waals surface area contributed by atoms with Crippen LogP contribution in [0, 0.1) is 0 Å². The molecule has 0 radical (unpaired) electrons. The van der Waals surface area contributed by atoms with Crippen molar-refractivity contribution in [3.8, 4) is 0 Å². The molecule has 0 spiro atoms. The van der Waals surface area contributed by atoms with Crippen molar-refractivity contribution >= 4 is 11.4 Å². The summed E-state index contributed by atoms with van der Waals surface area (Å²) in [5.41, 5.74) is 4.85. The first-order valence-corrected chi connectivity index (χ1v) is 11.8. The Morgan fingerprint density at radius 3 is 1.06 bits per heavy atom. The normalized spacial score (nSPS) is 12.4. The molecule has 0 aliphatic rings. The molecule has 0 saturated carbocycles. The van der Waals surface area contributed by atoms with Gasteiger partial charge in [-0.25, -0.2) is 0 Å². The van der Waals surface area contributed by atoms with Crippen molar-refractivity contribution in [1.29, 1.82) is 0 Å². The van der Waals surface area contributed by atoms with Gasteiger partial charge in [-0.15, -0.1) is 13.2 Å². The Bertz CT molecular complexity index is 1050. The van der Waals surface area contributed by atoms with Gasteiger partial charge in [0, 0.05) is 24.5 Å². The third-order valence-corrected chi connectivity index (χ3v) is 6.08. The molecule has 0 bridgehead atoms. The summed E-state index contributed by atoms with van der Waals surface area (Å²) in [6.07, 6.45) is 3.98. The number of para-hydroxylation sites is 2. The summed E-state index contributed by atoms with van der Waals surface area (Å²) in [5, 5.41) is 0. The SMILES string of the molecule is C=CCN(c1ccccc1)C(c1ccccc1)C(c1ccccc1)N(CC=C)c1ccccc1. The van der Waals surface area contributed by atoms with Crippen molar-refractivity contribution in [2.24, 2.45) is 0 Å². The van der Waals surface area contributed by atoms with Crippen LogP contribution in [0.2, 0.25) is 0 Å². The maximum Gasteiger partial charge on any atom is 0.0791 e. The van der Waals surface area contributed by atoms with Crippen LogP contribution in [0.1, 0.15) is 23.2 Å². The number of nitrogens with zero attached hydrogens (tertiary/aromatic N) is 2. The van der Waals surface area contributed by atoms with Crippen LogP contribution in [-0.2, 0) is 0 Å². The Morgan fingerprint density at radius 2 is 0.765 bits per heavy atom. The van der Waals surface area contributed by atoms with E-state index in [1.54, 1.807) is 0 Å². The predicted molar refractivity (Wildman–Crippen MR) is 146 cm³/mol. The fourth-order valence-electron chi connectivity index (χ4n) is 4.64. The first kappa shape index (κ1) is 23.1. The average Bonchev–Trinajstić information content (AvgIpc) is 2.92. The van der Waals surface area contributed by atoms with Crippen LogP contribution in [0.5, 0.6) is 0 Å². The summed E-state index contributed by atoms with van der Waals surface area (Å²) >= 11 is 0. The van der Waals surface area contributed by atoms with E-state index in [2.05, 4.69) is 144 Å². The second-order valence-electron chi connectivity index (χ2n) is 8.26. The van der Waals surface area contributed by atoms with Crippen molar-refractivity contribution < 1.29 is 0 Å². The van der Waals surface area contributed by atoms with Gasteiger partial charge in [0.05, 0.1) is 12.1 Å². The number of anilines is 2. The summed E-state index contributed by atoms with van der Waals surface area (Å²) in [5.74, 6) is 0. The van der Waals surface area contributed by atoms with E-state index in [9.17, 15) is 0 Å². The van der Waals surface area contributed by atoms with Crippen LogP contribution in [0.15, 0.2) is 147 Å². The number of hydrogen-bond acceptors (Lipinski definition) is 2. The van der Waals surface area contributed by atoms with E-state index in [4.69, 9.17) is 0 Å². The van der Waals surface area contributed by atoms with Gasteiger partial charge in [-0.1, -0.05) is 109 Å². The molecule has 0 aliphatic heterocycles. The van der Waals surface area contributed by atoms with Crippen molar-refractivity contribution in [2.45, 2.75) is 12.1 Å². The number of rotatable bonds is 11. The van der Waals surface area contributed by atoms with Crippen LogP contribution in [-0.4, -0.2) is 13.1 Å². The highest BCUT2D eigenvalue weighted by atomic mass is 15.3. The van der Waals surface area contributed by atoms with Gasteiger partial charge >= 0.3 is 0 Å². The Labute approximate surface area is 204 Å². The summed E-state index contributed by atoms with van der Waals surface area (Å²) in [6, 6.07) is 42.9. The first-order valence-electron chi connectivity index (χ1n) is 11.8. The van der Waals surface area contributed by atoms with E-state index in [1.165, 1.54) is 22.5 Å². The molecule has 4 aromatic rings. The molecule has 0 N–H and O–H groups in total. The highest BCUT2D eigenvalue weighted by molar-refractivity contribution is 5.55. The minimum atomic E-state index is 0.0316. The quantitative estimate of drug-likeness (QED) is 0.217. The van der Waals surface area contributed by atoms with Crippen LogP contribution in [0.3, 0.4) is 0 Å². The van der Waals surface area contributed by atoms with E-state index in [0.717, 1.165) is 13.1 Å². The minimum absolute atomic E-state index is 0.0316. The third kappa shape index (κ3) is 5.29. The van der Waals surface area contributed by atoms with E-state index in [1.807, 2.05) is 12.2 Å². The van der Waals surface area contributed by atoms with E-state index < -0.39 is 0 Å². The number of benzene rings is 4. The largest absolute Gasteiger partial charge is 0.358 e. The van der Waals surface area contributed by atoms with E-state index in [-0.39, 0.29) is 12.1 Å². The molecule has 2 nitrogen and oxygen atoms in total. The maximum atomic E-state index is 4.10. The molecular formula is C32H32N2. The number of hydrogen-bond donors (Lipinski definition) is 0. The van der Waals surface area contributed by atoms with Crippen molar-refractivity contribution in [3.63, 3.8) is 0 Å². The van der Waals surface area contributed by atoms with Crippen molar-refractivity contribution in [3.05, 3.63) is 158 Å². The minimum Gasteiger partial charge on any atom is -0.358 e. The molecule has 2 atom stereocenters. The summed E-state index contributed by atoms with van der Waals surface area (Å²) < 4.78 is 0. The molecule has 170 valence electrons. The van der Waals surface area contributed by atoms with Gasteiger partial charge in [0.15, 0.2) is 0 Å². The van der Waals surface area contributed by atoms with Crippen molar-refractivity contribution in [2.75, 3.05) is 22.9 Å². The maximum absolute atomic E-state index is 4.10. The zero-order chi connectivity index (χ0) is 23.6.